The third kappa shape index (κ3) is 2.84. The number of rotatable bonds is 5. The van der Waals surface area contributed by atoms with E-state index in [1.165, 1.54) is 18.5 Å². The smallest absolute Gasteiger partial charge is 0.252 e. The minimum absolute atomic E-state index is 0.319. The summed E-state index contributed by atoms with van der Waals surface area (Å²) in [5.74, 6) is 0.721. The van der Waals surface area contributed by atoms with E-state index < -0.39 is 0 Å². The van der Waals surface area contributed by atoms with Gasteiger partial charge < -0.3 is 4.74 Å². The first-order chi connectivity index (χ1) is 10.3. The molecule has 0 spiro atoms. The molecule has 0 unspecified atom stereocenters. The summed E-state index contributed by atoms with van der Waals surface area (Å²) in [5, 5.41) is 4.06. The molecule has 0 radical (unpaired) electrons. The predicted molar refractivity (Wildman–Crippen MR) is 76.6 cm³/mol. The van der Waals surface area contributed by atoms with Gasteiger partial charge in [0.05, 0.1) is 6.61 Å². The summed E-state index contributed by atoms with van der Waals surface area (Å²) in [6, 6.07) is 4.50. The monoisotopic (exact) mass is 286 g/mol. The first-order valence-electron chi connectivity index (χ1n) is 6.86. The van der Waals surface area contributed by atoms with E-state index in [0.29, 0.717) is 18.1 Å². The van der Waals surface area contributed by atoms with Crippen molar-refractivity contribution < 1.29 is 9.13 Å². The highest BCUT2D eigenvalue weighted by molar-refractivity contribution is 5.69. The van der Waals surface area contributed by atoms with Crippen LogP contribution in [0.4, 0.5) is 4.39 Å². The minimum atomic E-state index is -0.319. The lowest BCUT2D eigenvalue weighted by molar-refractivity contribution is 0.309. The predicted octanol–water partition coefficient (Wildman–Crippen LogP) is 3.11. The van der Waals surface area contributed by atoms with Gasteiger partial charge in [-0.05, 0) is 18.6 Å². The lowest BCUT2D eigenvalue weighted by Gasteiger charge is -2.11. The second-order valence-corrected chi connectivity index (χ2v) is 4.69. The van der Waals surface area contributed by atoms with Crippen molar-refractivity contribution in [1.82, 2.24) is 19.6 Å². The Balaban J connectivity index is 1.99. The highest BCUT2D eigenvalue weighted by Crippen LogP contribution is 2.30. The van der Waals surface area contributed by atoms with Crippen molar-refractivity contribution in [1.29, 1.82) is 0 Å². The van der Waals surface area contributed by atoms with Crippen molar-refractivity contribution in [2.24, 2.45) is 0 Å². The zero-order chi connectivity index (χ0) is 14.7. The molecule has 0 N–H and O–H groups in total. The molecule has 0 saturated carbocycles. The lowest BCUT2D eigenvalue weighted by atomic mass is 10.1. The quantitative estimate of drug-likeness (QED) is 0.676. The molecule has 0 aliphatic heterocycles. The highest BCUT2D eigenvalue weighted by Gasteiger charge is 2.10. The van der Waals surface area contributed by atoms with Crippen molar-refractivity contribution in [3.05, 3.63) is 42.7 Å². The molecular weight excluding hydrogens is 271 g/mol. The first kappa shape index (κ1) is 13.5. The Morgan fingerprint density at radius 2 is 2.19 bits per heavy atom. The van der Waals surface area contributed by atoms with Gasteiger partial charge in [0.25, 0.3) is 5.78 Å². The minimum Gasteiger partial charge on any atom is -0.493 e. The van der Waals surface area contributed by atoms with Gasteiger partial charge in [-0.25, -0.2) is 13.9 Å². The largest absolute Gasteiger partial charge is 0.493 e. The van der Waals surface area contributed by atoms with Crippen LogP contribution in [0.2, 0.25) is 0 Å². The molecule has 3 rings (SSSR count). The van der Waals surface area contributed by atoms with Crippen molar-refractivity contribution in [3.8, 4) is 16.9 Å². The molecule has 0 aliphatic carbocycles. The molecule has 108 valence electrons. The van der Waals surface area contributed by atoms with Gasteiger partial charge in [0.2, 0.25) is 0 Å². The van der Waals surface area contributed by atoms with Gasteiger partial charge in [-0.15, -0.1) is 0 Å². The summed E-state index contributed by atoms with van der Waals surface area (Å²) in [5.41, 5.74) is 1.59. The molecule has 1 aromatic carbocycles. The van der Waals surface area contributed by atoms with E-state index in [9.17, 15) is 4.39 Å². The number of ether oxygens (including phenoxy) is 1. The maximum absolute atomic E-state index is 13.5. The fraction of sp³-hybridized carbons (Fsp3) is 0.267. The molecule has 0 fully saturated rings. The van der Waals surface area contributed by atoms with Crippen LogP contribution < -0.4 is 4.74 Å². The maximum Gasteiger partial charge on any atom is 0.252 e. The topological polar surface area (TPSA) is 52.3 Å². The highest BCUT2D eigenvalue weighted by atomic mass is 19.1. The van der Waals surface area contributed by atoms with Gasteiger partial charge in [-0.3, -0.25) is 0 Å². The molecule has 5 nitrogen and oxygen atoms in total. The van der Waals surface area contributed by atoms with Gasteiger partial charge in [0.1, 0.15) is 17.9 Å². The van der Waals surface area contributed by atoms with Crippen LogP contribution in [0.15, 0.2) is 36.9 Å². The zero-order valence-electron chi connectivity index (χ0n) is 11.7. The second kappa shape index (κ2) is 5.87. The van der Waals surface area contributed by atoms with Crippen LogP contribution in [0.25, 0.3) is 16.9 Å². The Hall–Kier alpha value is -2.50. The summed E-state index contributed by atoms with van der Waals surface area (Å²) in [6.45, 7) is 2.64. The molecule has 0 amide bonds. The Morgan fingerprint density at radius 1 is 1.29 bits per heavy atom. The Kier molecular flexibility index (Phi) is 3.77. The average molecular weight is 286 g/mol. The van der Waals surface area contributed by atoms with E-state index in [2.05, 4.69) is 22.0 Å². The van der Waals surface area contributed by atoms with E-state index in [1.54, 1.807) is 23.0 Å². The number of hydrogen-bond donors (Lipinski definition) is 0. The van der Waals surface area contributed by atoms with Crippen LogP contribution >= 0.6 is 0 Å². The van der Waals surface area contributed by atoms with Gasteiger partial charge in [0, 0.05) is 29.6 Å². The molecule has 0 saturated heterocycles. The summed E-state index contributed by atoms with van der Waals surface area (Å²) >= 11 is 0. The number of nitrogens with zero attached hydrogens (tertiary/aromatic N) is 4. The van der Waals surface area contributed by atoms with E-state index in [1.807, 2.05) is 0 Å². The number of hydrogen-bond acceptors (Lipinski definition) is 4. The molecule has 6 heteroatoms. The van der Waals surface area contributed by atoms with Gasteiger partial charge in [0.15, 0.2) is 0 Å². The summed E-state index contributed by atoms with van der Waals surface area (Å²) in [6.07, 6.45) is 6.88. The number of unbranched alkanes of at least 4 members (excludes halogenated alkanes) is 1. The fourth-order valence-corrected chi connectivity index (χ4v) is 2.04. The van der Waals surface area contributed by atoms with Gasteiger partial charge in [-0.2, -0.15) is 10.1 Å². The number of benzene rings is 1. The Labute approximate surface area is 121 Å². The molecule has 0 atom stereocenters. The molecule has 2 aromatic heterocycles. The third-order valence-corrected chi connectivity index (χ3v) is 3.14. The Bertz CT molecular complexity index is 756. The van der Waals surface area contributed by atoms with Crippen molar-refractivity contribution in [2.45, 2.75) is 19.8 Å². The second-order valence-electron chi connectivity index (χ2n) is 4.69. The summed E-state index contributed by atoms with van der Waals surface area (Å²) in [4.78, 5) is 8.22. The molecule has 21 heavy (non-hydrogen) atoms. The average Bonchev–Trinajstić information content (AvgIpc) is 2.95. The fourth-order valence-electron chi connectivity index (χ4n) is 2.04. The van der Waals surface area contributed by atoms with Crippen LogP contribution in [0.1, 0.15) is 19.8 Å². The normalized spacial score (nSPS) is 11.0. The summed E-state index contributed by atoms with van der Waals surface area (Å²) < 4.78 is 20.7. The van der Waals surface area contributed by atoms with E-state index >= 15 is 0 Å². The molecule has 0 bridgehead atoms. The lowest BCUT2D eigenvalue weighted by Crippen LogP contribution is -2.00. The number of fused-ring (bicyclic) bond motifs is 1. The standard InChI is InChI=1S/C15H15FN4O/c1-2-3-6-21-14-7-12(16)4-5-13(14)11-8-17-15-18-10-19-20(15)9-11/h4-5,7-10H,2-3,6H2,1H3. The molecule has 0 aliphatic rings. The van der Waals surface area contributed by atoms with Crippen LogP contribution in [0.5, 0.6) is 5.75 Å². The Morgan fingerprint density at radius 3 is 3.05 bits per heavy atom. The number of halogens is 1. The van der Waals surface area contributed by atoms with Gasteiger partial charge in [-0.1, -0.05) is 13.3 Å². The van der Waals surface area contributed by atoms with E-state index in [0.717, 1.165) is 24.0 Å². The van der Waals surface area contributed by atoms with Crippen LogP contribution in [0.3, 0.4) is 0 Å². The third-order valence-electron chi connectivity index (χ3n) is 3.14. The van der Waals surface area contributed by atoms with Crippen LogP contribution in [-0.4, -0.2) is 26.2 Å². The first-order valence-corrected chi connectivity index (χ1v) is 6.86. The van der Waals surface area contributed by atoms with Gasteiger partial charge >= 0.3 is 0 Å². The maximum atomic E-state index is 13.5. The molecule has 2 heterocycles. The van der Waals surface area contributed by atoms with E-state index in [4.69, 9.17) is 4.74 Å². The van der Waals surface area contributed by atoms with Crippen LogP contribution in [-0.2, 0) is 0 Å². The SMILES string of the molecule is CCCCOc1cc(F)ccc1-c1cnc2ncnn2c1. The van der Waals surface area contributed by atoms with Crippen molar-refractivity contribution in [3.63, 3.8) is 0 Å². The van der Waals surface area contributed by atoms with Crippen LogP contribution in [0, 0.1) is 5.82 Å². The van der Waals surface area contributed by atoms with E-state index in [-0.39, 0.29) is 5.82 Å². The summed E-state index contributed by atoms with van der Waals surface area (Å²) in [7, 11) is 0. The van der Waals surface area contributed by atoms with Crippen molar-refractivity contribution in [2.75, 3.05) is 6.61 Å². The molecular formula is C15H15FN4O. The number of aromatic nitrogens is 4. The molecule has 3 aromatic rings. The van der Waals surface area contributed by atoms with Crippen molar-refractivity contribution >= 4 is 5.78 Å². The zero-order valence-corrected chi connectivity index (χ0v) is 11.7.